The summed E-state index contributed by atoms with van der Waals surface area (Å²) in [6, 6.07) is 1.66. The Morgan fingerprint density at radius 1 is 1.50 bits per heavy atom. The molecular formula is C11H15N3O5S. The van der Waals surface area contributed by atoms with Gasteiger partial charge < -0.3 is 16.2 Å². The lowest BCUT2D eigenvalue weighted by atomic mass is 10.2. The number of sulfone groups is 1. The Bertz CT molecular complexity index is 614. The van der Waals surface area contributed by atoms with Crippen LogP contribution >= 0.6 is 0 Å². The maximum absolute atomic E-state index is 11.8. The molecule has 0 saturated heterocycles. The molecule has 0 spiro atoms. The van der Waals surface area contributed by atoms with E-state index >= 15 is 0 Å². The number of hydrogen-bond acceptors (Lipinski definition) is 6. The molecule has 0 aromatic carbocycles. The molecule has 1 aromatic heterocycles. The molecule has 0 aliphatic rings. The standard InChI is InChI=1S/C11H15N3O5S/c1-20(18,19)6-4-8(11(16)17)14-10(15)9-7(12)3-2-5-13-9/h2-3,5,8H,4,6,12H2,1H3,(H,14,15)(H,16,17). The van der Waals surface area contributed by atoms with Gasteiger partial charge in [0.2, 0.25) is 0 Å². The molecule has 1 heterocycles. The second-order valence-electron chi connectivity index (χ2n) is 4.22. The Kier molecular flexibility index (Phi) is 5.03. The highest BCUT2D eigenvalue weighted by Crippen LogP contribution is 2.07. The SMILES string of the molecule is CS(=O)(=O)CCC(NC(=O)c1ncccc1N)C(=O)O. The van der Waals surface area contributed by atoms with E-state index in [0.717, 1.165) is 6.26 Å². The topological polar surface area (TPSA) is 139 Å². The summed E-state index contributed by atoms with van der Waals surface area (Å²) in [4.78, 5) is 26.6. The van der Waals surface area contributed by atoms with E-state index in [2.05, 4.69) is 10.3 Å². The molecule has 8 nitrogen and oxygen atoms in total. The summed E-state index contributed by atoms with van der Waals surface area (Å²) in [5, 5.41) is 11.2. The van der Waals surface area contributed by atoms with Crippen molar-refractivity contribution in [1.82, 2.24) is 10.3 Å². The second kappa shape index (κ2) is 6.33. The molecule has 0 fully saturated rings. The fraction of sp³-hybridized carbons (Fsp3) is 0.364. The summed E-state index contributed by atoms with van der Waals surface area (Å²) in [7, 11) is -3.32. The number of pyridine rings is 1. The number of nitrogens with one attached hydrogen (secondary N) is 1. The van der Waals surface area contributed by atoms with Crippen LogP contribution in [0.4, 0.5) is 5.69 Å². The van der Waals surface area contributed by atoms with Gasteiger partial charge in [-0.2, -0.15) is 0 Å². The Morgan fingerprint density at radius 2 is 2.15 bits per heavy atom. The third-order valence-electron chi connectivity index (χ3n) is 2.43. The molecule has 1 aromatic rings. The predicted molar refractivity (Wildman–Crippen MR) is 71.9 cm³/mol. The predicted octanol–water partition coefficient (Wildman–Crippen LogP) is -0.718. The van der Waals surface area contributed by atoms with Gasteiger partial charge in [0.25, 0.3) is 5.91 Å². The van der Waals surface area contributed by atoms with Crippen molar-refractivity contribution in [2.75, 3.05) is 17.7 Å². The summed E-state index contributed by atoms with van der Waals surface area (Å²) in [6.45, 7) is 0. The van der Waals surface area contributed by atoms with Gasteiger partial charge in [0.05, 0.1) is 11.4 Å². The van der Waals surface area contributed by atoms with Crippen molar-refractivity contribution < 1.29 is 23.1 Å². The van der Waals surface area contributed by atoms with E-state index in [1.54, 1.807) is 0 Å². The fourth-order valence-corrected chi connectivity index (χ4v) is 2.09. The Hall–Kier alpha value is -2.16. The Labute approximate surface area is 115 Å². The number of amides is 1. The molecule has 0 aliphatic heterocycles. The number of hydrogen-bond donors (Lipinski definition) is 3. The molecule has 0 aliphatic carbocycles. The van der Waals surface area contributed by atoms with Crippen molar-refractivity contribution in [1.29, 1.82) is 0 Å². The zero-order chi connectivity index (χ0) is 15.3. The third-order valence-corrected chi connectivity index (χ3v) is 3.41. The van der Waals surface area contributed by atoms with E-state index < -0.39 is 27.8 Å². The average molecular weight is 301 g/mol. The van der Waals surface area contributed by atoms with E-state index in [1.165, 1.54) is 18.3 Å². The molecule has 0 radical (unpaired) electrons. The maximum Gasteiger partial charge on any atom is 0.326 e. The highest BCUT2D eigenvalue weighted by molar-refractivity contribution is 7.90. The average Bonchev–Trinajstić information content (AvgIpc) is 2.33. The van der Waals surface area contributed by atoms with Gasteiger partial charge in [-0.1, -0.05) is 0 Å². The van der Waals surface area contributed by atoms with Gasteiger partial charge in [-0.15, -0.1) is 0 Å². The number of aromatic nitrogens is 1. The van der Waals surface area contributed by atoms with Crippen molar-refractivity contribution in [3.05, 3.63) is 24.0 Å². The highest BCUT2D eigenvalue weighted by atomic mass is 32.2. The zero-order valence-electron chi connectivity index (χ0n) is 10.7. The van der Waals surface area contributed by atoms with Crippen LogP contribution in [0.25, 0.3) is 0 Å². The molecular weight excluding hydrogens is 286 g/mol. The van der Waals surface area contributed by atoms with E-state index in [1.807, 2.05) is 0 Å². The normalized spacial score (nSPS) is 12.7. The first-order valence-corrected chi connectivity index (χ1v) is 7.68. The minimum absolute atomic E-state index is 0.0990. The summed E-state index contributed by atoms with van der Waals surface area (Å²) in [6.07, 6.45) is 2.11. The van der Waals surface area contributed by atoms with Crippen LogP contribution in [0.3, 0.4) is 0 Å². The lowest BCUT2D eigenvalue weighted by Crippen LogP contribution is -2.42. The van der Waals surface area contributed by atoms with Crippen molar-refractivity contribution in [2.24, 2.45) is 0 Å². The van der Waals surface area contributed by atoms with Crippen LogP contribution in [-0.4, -0.2) is 48.4 Å². The number of nitrogens with two attached hydrogens (primary N) is 1. The van der Waals surface area contributed by atoms with Crippen molar-refractivity contribution in [2.45, 2.75) is 12.5 Å². The maximum atomic E-state index is 11.8. The van der Waals surface area contributed by atoms with E-state index in [4.69, 9.17) is 10.8 Å². The van der Waals surface area contributed by atoms with Gasteiger partial charge in [0.15, 0.2) is 5.69 Å². The highest BCUT2D eigenvalue weighted by Gasteiger charge is 2.23. The molecule has 1 atom stereocenters. The smallest absolute Gasteiger partial charge is 0.326 e. The molecule has 0 bridgehead atoms. The number of carboxylic acid groups (broad SMARTS) is 1. The summed E-state index contributed by atoms with van der Waals surface area (Å²) < 4.78 is 22.1. The summed E-state index contributed by atoms with van der Waals surface area (Å²) in [5.41, 5.74) is 5.56. The van der Waals surface area contributed by atoms with Crippen LogP contribution in [0, 0.1) is 0 Å². The number of anilines is 1. The number of carbonyl (C=O) groups excluding carboxylic acids is 1. The van der Waals surface area contributed by atoms with Crippen LogP contribution in [-0.2, 0) is 14.6 Å². The number of carbonyl (C=O) groups is 2. The summed E-state index contributed by atoms with van der Waals surface area (Å²) >= 11 is 0. The second-order valence-corrected chi connectivity index (χ2v) is 6.48. The zero-order valence-corrected chi connectivity index (χ0v) is 11.6. The lowest BCUT2D eigenvalue weighted by molar-refractivity contribution is -0.139. The molecule has 20 heavy (non-hydrogen) atoms. The van der Waals surface area contributed by atoms with Crippen molar-refractivity contribution in [3.8, 4) is 0 Å². The van der Waals surface area contributed by atoms with Gasteiger partial charge in [-0.25, -0.2) is 18.2 Å². The van der Waals surface area contributed by atoms with Gasteiger partial charge in [-0.05, 0) is 18.6 Å². The van der Waals surface area contributed by atoms with E-state index in [9.17, 15) is 18.0 Å². The molecule has 4 N–H and O–H groups in total. The van der Waals surface area contributed by atoms with Crippen LogP contribution < -0.4 is 11.1 Å². The molecule has 1 amide bonds. The molecule has 9 heteroatoms. The van der Waals surface area contributed by atoms with Gasteiger partial charge in [-0.3, -0.25) is 4.79 Å². The van der Waals surface area contributed by atoms with E-state index in [-0.39, 0.29) is 23.6 Å². The van der Waals surface area contributed by atoms with Gasteiger partial charge in [0.1, 0.15) is 15.9 Å². The quantitative estimate of drug-likeness (QED) is 0.630. The first-order chi connectivity index (χ1) is 9.20. The van der Waals surface area contributed by atoms with Crippen LogP contribution in [0.15, 0.2) is 18.3 Å². The van der Waals surface area contributed by atoms with Crippen LogP contribution in [0.2, 0.25) is 0 Å². The van der Waals surface area contributed by atoms with Crippen molar-refractivity contribution >= 4 is 27.4 Å². The molecule has 110 valence electrons. The van der Waals surface area contributed by atoms with Crippen LogP contribution in [0.1, 0.15) is 16.9 Å². The first-order valence-electron chi connectivity index (χ1n) is 5.62. The van der Waals surface area contributed by atoms with Crippen molar-refractivity contribution in [3.63, 3.8) is 0 Å². The molecule has 1 rings (SSSR count). The monoisotopic (exact) mass is 301 g/mol. The minimum atomic E-state index is -3.32. The lowest BCUT2D eigenvalue weighted by Gasteiger charge is -2.14. The fourth-order valence-electron chi connectivity index (χ4n) is 1.42. The van der Waals surface area contributed by atoms with Gasteiger partial charge >= 0.3 is 5.97 Å². The van der Waals surface area contributed by atoms with E-state index in [0.29, 0.717) is 0 Å². The number of carboxylic acids is 1. The number of nitrogen functional groups attached to an aromatic ring is 1. The van der Waals surface area contributed by atoms with Crippen LogP contribution in [0.5, 0.6) is 0 Å². The number of nitrogens with zero attached hydrogens (tertiary/aromatic N) is 1. The third kappa shape index (κ3) is 4.84. The number of rotatable bonds is 6. The summed E-state index contributed by atoms with van der Waals surface area (Å²) in [5.74, 6) is -2.43. The van der Waals surface area contributed by atoms with Gasteiger partial charge in [0, 0.05) is 12.5 Å². The minimum Gasteiger partial charge on any atom is -0.480 e. The molecule has 1 unspecified atom stereocenters. The Morgan fingerprint density at radius 3 is 2.65 bits per heavy atom. The first kappa shape index (κ1) is 15.9. The largest absolute Gasteiger partial charge is 0.480 e. The molecule has 0 saturated carbocycles. The Balaban J connectivity index is 2.79. The number of aliphatic carboxylic acids is 1.